The van der Waals surface area contributed by atoms with E-state index in [-0.39, 0.29) is 35.4 Å². The minimum atomic E-state index is -0.493. The third kappa shape index (κ3) is 5.36. The number of piperazine rings is 1. The minimum Gasteiger partial charge on any atom is -0.344 e. The van der Waals surface area contributed by atoms with Gasteiger partial charge in [-0.2, -0.15) is 0 Å². The maximum absolute atomic E-state index is 13.7. The lowest BCUT2D eigenvalue weighted by molar-refractivity contribution is -0.140. The van der Waals surface area contributed by atoms with Crippen LogP contribution in [0, 0.1) is 17.7 Å². The predicted molar refractivity (Wildman–Crippen MR) is 133 cm³/mol. The number of halogens is 1. The number of hydrogen-bond donors (Lipinski definition) is 1. The van der Waals surface area contributed by atoms with Crippen LogP contribution in [0.5, 0.6) is 0 Å². The monoisotopic (exact) mass is 484 g/mol. The van der Waals surface area contributed by atoms with Crippen molar-refractivity contribution >= 4 is 28.6 Å². The van der Waals surface area contributed by atoms with E-state index < -0.39 is 6.04 Å². The molecule has 3 amide bonds. The number of carbonyl (C=O) groups is 3. The Bertz CT molecular complexity index is 1080. The second-order valence-electron chi connectivity index (χ2n) is 10.1. The zero-order valence-electron chi connectivity index (χ0n) is 21.1. The number of hydrogen-bond acceptors (Lipinski definition) is 3. The largest absolute Gasteiger partial charge is 0.344 e. The maximum atomic E-state index is 13.7. The maximum Gasteiger partial charge on any atom is 0.270 e. The van der Waals surface area contributed by atoms with Crippen LogP contribution in [-0.4, -0.2) is 64.3 Å². The average Bonchev–Trinajstić information content (AvgIpc) is 3.21. The summed E-state index contributed by atoms with van der Waals surface area (Å²) in [4.78, 5) is 43.0. The van der Waals surface area contributed by atoms with Crippen LogP contribution in [0.3, 0.4) is 0 Å². The number of aromatic nitrogens is 1. The highest BCUT2D eigenvalue weighted by atomic mass is 19.1. The van der Waals surface area contributed by atoms with Gasteiger partial charge in [-0.15, -0.1) is 0 Å². The van der Waals surface area contributed by atoms with E-state index in [9.17, 15) is 18.8 Å². The molecule has 0 unspecified atom stereocenters. The van der Waals surface area contributed by atoms with Crippen LogP contribution in [0.1, 0.15) is 62.9 Å². The van der Waals surface area contributed by atoms with Crippen LogP contribution in [0.4, 0.5) is 4.39 Å². The van der Waals surface area contributed by atoms with E-state index in [0.717, 1.165) is 37.5 Å². The molecular formula is C27H37FN4O3. The second-order valence-corrected chi connectivity index (χ2v) is 10.1. The fraction of sp³-hybridized carbons (Fsp3) is 0.593. The van der Waals surface area contributed by atoms with Crippen LogP contribution >= 0.6 is 0 Å². The summed E-state index contributed by atoms with van der Waals surface area (Å²) in [6.45, 7) is 5.60. The highest BCUT2D eigenvalue weighted by Crippen LogP contribution is 2.28. The summed E-state index contributed by atoms with van der Waals surface area (Å²) in [6, 6.07) is 5.80. The van der Waals surface area contributed by atoms with E-state index in [1.165, 1.54) is 18.6 Å². The molecule has 7 nitrogen and oxygen atoms in total. The number of fused-ring (bicyclic) bond motifs is 1. The van der Waals surface area contributed by atoms with Gasteiger partial charge in [0.05, 0.1) is 5.52 Å². The van der Waals surface area contributed by atoms with Crippen LogP contribution in [0.2, 0.25) is 0 Å². The van der Waals surface area contributed by atoms with Crippen LogP contribution in [0.25, 0.3) is 10.9 Å². The molecule has 0 bridgehead atoms. The Balaban J connectivity index is 1.43. The molecule has 2 aliphatic rings. The lowest BCUT2D eigenvalue weighted by Crippen LogP contribution is -2.58. The van der Waals surface area contributed by atoms with Crippen molar-refractivity contribution in [2.24, 2.45) is 18.9 Å². The van der Waals surface area contributed by atoms with Gasteiger partial charge in [0.2, 0.25) is 11.8 Å². The smallest absolute Gasteiger partial charge is 0.270 e. The van der Waals surface area contributed by atoms with Crippen molar-refractivity contribution in [1.82, 2.24) is 19.7 Å². The molecule has 0 radical (unpaired) electrons. The number of nitrogens with one attached hydrogen (secondary N) is 1. The molecule has 1 aromatic heterocycles. The summed E-state index contributed by atoms with van der Waals surface area (Å²) in [7, 11) is 1.77. The first kappa shape index (κ1) is 25.2. The van der Waals surface area contributed by atoms with Gasteiger partial charge in [-0.25, -0.2) is 4.39 Å². The Labute approximate surface area is 206 Å². The lowest BCUT2D eigenvalue weighted by Gasteiger charge is -2.39. The number of rotatable bonds is 6. The first-order chi connectivity index (χ1) is 16.8. The van der Waals surface area contributed by atoms with Gasteiger partial charge in [0, 0.05) is 44.5 Å². The van der Waals surface area contributed by atoms with E-state index in [1.54, 1.807) is 33.5 Å². The molecule has 2 aromatic rings. The molecule has 1 aliphatic heterocycles. The van der Waals surface area contributed by atoms with Gasteiger partial charge in [0.25, 0.3) is 5.91 Å². The number of nitrogens with zero attached hydrogens (tertiary/aromatic N) is 3. The molecule has 4 rings (SSSR count). The summed E-state index contributed by atoms with van der Waals surface area (Å²) < 4.78 is 15.4. The second kappa shape index (κ2) is 10.8. The van der Waals surface area contributed by atoms with Crippen LogP contribution < -0.4 is 5.32 Å². The van der Waals surface area contributed by atoms with E-state index in [4.69, 9.17) is 0 Å². The number of amides is 3. The lowest BCUT2D eigenvalue weighted by atomic mass is 9.83. The van der Waals surface area contributed by atoms with Crippen molar-refractivity contribution in [2.45, 2.75) is 58.4 Å². The molecule has 35 heavy (non-hydrogen) atoms. The summed E-state index contributed by atoms with van der Waals surface area (Å²) >= 11 is 0. The van der Waals surface area contributed by atoms with Crippen molar-refractivity contribution in [3.05, 3.63) is 35.8 Å². The molecule has 1 aliphatic carbocycles. The van der Waals surface area contributed by atoms with Crippen molar-refractivity contribution in [2.75, 3.05) is 26.2 Å². The van der Waals surface area contributed by atoms with E-state index in [2.05, 4.69) is 5.32 Å². The number of aryl methyl sites for hydroxylation is 1. The average molecular weight is 485 g/mol. The highest BCUT2D eigenvalue weighted by Gasteiger charge is 2.36. The molecule has 2 atom stereocenters. The molecule has 8 heteroatoms. The zero-order valence-corrected chi connectivity index (χ0v) is 21.1. The molecule has 1 saturated heterocycles. The molecule has 0 spiro atoms. The molecule has 190 valence electrons. The van der Waals surface area contributed by atoms with Gasteiger partial charge in [-0.1, -0.05) is 33.1 Å². The third-order valence-corrected chi connectivity index (χ3v) is 7.85. The normalized spacial score (nSPS) is 19.0. The van der Waals surface area contributed by atoms with E-state index in [0.29, 0.717) is 37.4 Å². The number of carbonyl (C=O) groups excluding carboxylic acids is 3. The predicted octanol–water partition coefficient (Wildman–Crippen LogP) is 3.71. The Morgan fingerprint density at radius 3 is 2.34 bits per heavy atom. The van der Waals surface area contributed by atoms with Gasteiger partial charge >= 0.3 is 0 Å². The number of benzene rings is 1. The van der Waals surface area contributed by atoms with Gasteiger partial charge in [-0.3, -0.25) is 14.4 Å². The summed E-state index contributed by atoms with van der Waals surface area (Å²) in [5, 5.41) is 3.89. The van der Waals surface area contributed by atoms with Gasteiger partial charge in [-0.05, 0) is 49.4 Å². The summed E-state index contributed by atoms with van der Waals surface area (Å²) in [5.41, 5.74) is 1.18. The summed E-state index contributed by atoms with van der Waals surface area (Å²) in [5.74, 6) is -0.501. The standard InChI is InChI=1S/C27H37FN4O3/c1-4-18(2)25(33)29-24(19-8-6-5-7-9-19)27(35)32-14-12-31(13-15-32)26(34)23-16-20-10-11-21(28)17-22(20)30(23)3/h10-11,16-19,24H,4-9,12-15H2,1-3H3,(H,29,33)/t18-,24+/m1/s1. The Hall–Kier alpha value is -2.90. The molecule has 1 N–H and O–H groups in total. The quantitative estimate of drug-likeness (QED) is 0.679. The first-order valence-corrected chi connectivity index (χ1v) is 12.9. The molecule has 2 fully saturated rings. The Morgan fingerprint density at radius 2 is 1.69 bits per heavy atom. The minimum absolute atomic E-state index is 0.0271. The van der Waals surface area contributed by atoms with E-state index >= 15 is 0 Å². The fourth-order valence-corrected chi connectivity index (χ4v) is 5.33. The van der Waals surface area contributed by atoms with Crippen molar-refractivity contribution in [3.8, 4) is 0 Å². The Morgan fingerprint density at radius 1 is 1.03 bits per heavy atom. The van der Waals surface area contributed by atoms with Crippen LogP contribution in [0.15, 0.2) is 24.3 Å². The van der Waals surface area contributed by atoms with Crippen LogP contribution in [-0.2, 0) is 16.6 Å². The molecular weight excluding hydrogens is 447 g/mol. The first-order valence-electron chi connectivity index (χ1n) is 12.9. The third-order valence-electron chi connectivity index (χ3n) is 7.85. The fourth-order valence-electron chi connectivity index (χ4n) is 5.33. The van der Waals surface area contributed by atoms with Gasteiger partial charge < -0.3 is 19.7 Å². The van der Waals surface area contributed by atoms with Crippen molar-refractivity contribution < 1.29 is 18.8 Å². The van der Waals surface area contributed by atoms with Gasteiger partial charge in [0.1, 0.15) is 17.6 Å². The van der Waals surface area contributed by atoms with Crippen molar-refractivity contribution in [1.29, 1.82) is 0 Å². The summed E-state index contributed by atoms with van der Waals surface area (Å²) in [6.07, 6.45) is 6.00. The highest BCUT2D eigenvalue weighted by molar-refractivity contribution is 5.99. The topological polar surface area (TPSA) is 74.7 Å². The zero-order chi connectivity index (χ0) is 25.1. The van der Waals surface area contributed by atoms with Crippen molar-refractivity contribution in [3.63, 3.8) is 0 Å². The molecule has 1 aromatic carbocycles. The van der Waals surface area contributed by atoms with E-state index in [1.807, 2.05) is 13.8 Å². The Kier molecular flexibility index (Phi) is 7.77. The molecule has 1 saturated carbocycles. The molecule has 2 heterocycles. The SMILES string of the molecule is CC[C@@H](C)C(=O)N[C@H](C(=O)N1CCN(C(=O)c2cc3ccc(F)cc3n2C)CC1)C1CCCCC1. The van der Waals surface area contributed by atoms with Gasteiger partial charge in [0.15, 0.2) is 0 Å².